The third kappa shape index (κ3) is 9.65. The van der Waals surface area contributed by atoms with E-state index in [1.54, 1.807) is 0 Å². The summed E-state index contributed by atoms with van der Waals surface area (Å²) < 4.78 is 19.1. The maximum atomic E-state index is 12.8. The van der Waals surface area contributed by atoms with E-state index >= 15 is 0 Å². The van der Waals surface area contributed by atoms with Gasteiger partial charge in [0.15, 0.2) is 12.0 Å². The van der Waals surface area contributed by atoms with Gasteiger partial charge in [0.2, 0.25) is 0 Å². The third-order valence-corrected chi connectivity index (χ3v) is 3.81. The lowest BCUT2D eigenvalue weighted by Gasteiger charge is -2.34. The third-order valence-electron chi connectivity index (χ3n) is 3.81. The first-order chi connectivity index (χ1) is 13.8. The Bertz CT molecular complexity index is 533. The number of ether oxygens (including phenoxy) is 4. The van der Waals surface area contributed by atoms with E-state index in [9.17, 15) is 29.4 Å². The highest BCUT2D eigenvalue weighted by atomic mass is 16.6. The second kappa shape index (κ2) is 14.7. The topological polar surface area (TPSA) is 169 Å². The van der Waals surface area contributed by atoms with Gasteiger partial charge in [0.1, 0.15) is 6.61 Å². The Morgan fingerprint density at radius 3 is 1.93 bits per heavy atom. The van der Waals surface area contributed by atoms with Gasteiger partial charge < -0.3 is 34.3 Å². The van der Waals surface area contributed by atoms with Crippen LogP contribution >= 0.6 is 0 Å². The standard InChI is InChI=1S/C17H29NO11/c1-13(22)27-9-3-17(15(24)28-10-8-21,12-18(4-6-19)5-7-20)16(25)29-11-14(23)26-2/h19-21H,3-12H2,1-2H3. The van der Waals surface area contributed by atoms with E-state index in [0.717, 1.165) is 14.0 Å². The summed E-state index contributed by atoms with van der Waals surface area (Å²) >= 11 is 0. The summed E-state index contributed by atoms with van der Waals surface area (Å²) in [6.07, 6.45) is -0.357. The normalized spacial score (nSPS) is 12.8. The Morgan fingerprint density at radius 1 is 0.862 bits per heavy atom. The zero-order valence-electron chi connectivity index (χ0n) is 16.6. The zero-order valence-corrected chi connectivity index (χ0v) is 16.6. The van der Waals surface area contributed by atoms with E-state index in [2.05, 4.69) is 4.74 Å². The van der Waals surface area contributed by atoms with Gasteiger partial charge in [-0.05, 0) is 0 Å². The molecule has 12 heteroatoms. The number of aliphatic hydroxyl groups is 3. The Labute approximate surface area is 168 Å². The molecule has 0 fully saturated rings. The molecule has 3 N–H and O–H groups in total. The summed E-state index contributed by atoms with van der Waals surface area (Å²) in [6.45, 7) is -1.88. The Kier molecular flexibility index (Phi) is 13.5. The molecule has 0 amide bonds. The minimum atomic E-state index is -2.05. The van der Waals surface area contributed by atoms with Crippen LogP contribution in [0.15, 0.2) is 0 Å². The smallest absolute Gasteiger partial charge is 0.344 e. The molecule has 0 aromatic carbocycles. The molecule has 0 aliphatic heterocycles. The number of carbonyl (C=O) groups is 4. The maximum Gasteiger partial charge on any atom is 0.344 e. The molecule has 0 rings (SSSR count). The van der Waals surface area contributed by atoms with Crippen LogP contribution in [-0.2, 0) is 38.1 Å². The number of nitrogens with zero attached hydrogens (tertiary/aromatic N) is 1. The highest BCUT2D eigenvalue weighted by Crippen LogP contribution is 2.28. The van der Waals surface area contributed by atoms with Crippen molar-refractivity contribution in [3.8, 4) is 0 Å². The molecule has 0 aromatic heterocycles. The van der Waals surface area contributed by atoms with Gasteiger partial charge in [-0.25, -0.2) is 4.79 Å². The lowest BCUT2D eigenvalue weighted by Crippen LogP contribution is -2.52. The van der Waals surface area contributed by atoms with Crippen molar-refractivity contribution in [1.82, 2.24) is 4.90 Å². The Hall–Kier alpha value is -2.28. The number of aliphatic hydroxyl groups excluding tert-OH is 3. The van der Waals surface area contributed by atoms with Gasteiger partial charge in [-0.2, -0.15) is 0 Å². The van der Waals surface area contributed by atoms with Gasteiger partial charge in [0.25, 0.3) is 0 Å². The fraction of sp³-hybridized carbons (Fsp3) is 0.765. The van der Waals surface area contributed by atoms with Crippen molar-refractivity contribution in [2.24, 2.45) is 5.41 Å². The van der Waals surface area contributed by atoms with E-state index in [0.29, 0.717) is 0 Å². The number of carbonyl (C=O) groups excluding carboxylic acids is 4. The zero-order chi connectivity index (χ0) is 22.3. The molecule has 0 aliphatic rings. The van der Waals surface area contributed by atoms with Crippen LogP contribution in [0, 0.1) is 5.41 Å². The Balaban J connectivity index is 5.85. The summed E-state index contributed by atoms with van der Waals surface area (Å²) in [6, 6.07) is 0. The molecule has 168 valence electrons. The maximum absolute atomic E-state index is 12.8. The fourth-order valence-corrected chi connectivity index (χ4v) is 2.40. The van der Waals surface area contributed by atoms with Gasteiger partial charge in [0.05, 0.1) is 33.5 Å². The van der Waals surface area contributed by atoms with Crippen LogP contribution in [0.5, 0.6) is 0 Å². The highest BCUT2D eigenvalue weighted by Gasteiger charge is 2.50. The predicted molar refractivity (Wildman–Crippen MR) is 95.3 cm³/mol. The van der Waals surface area contributed by atoms with E-state index in [1.807, 2.05) is 0 Å². The molecule has 0 saturated carbocycles. The molecule has 0 bridgehead atoms. The molecule has 29 heavy (non-hydrogen) atoms. The predicted octanol–water partition coefficient (Wildman–Crippen LogP) is -2.54. The molecule has 0 saturated heterocycles. The molecule has 12 nitrogen and oxygen atoms in total. The number of hydrogen-bond acceptors (Lipinski definition) is 12. The SMILES string of the molecule is COC(=O)COC(=O)C(CCOC(C)=O)(CN(CCO)CCO)C(=O)OCCO. The number of hydrogen-bond donors (Lipinski definition) is 3. The first-order valence-corrected chi connectivity index (χ1v) is 8.87. The van der Waals surface area contributed by atoms with Crippen LogP contribution in [0.1, 0.15) is 13.3 Å². The van der Waals surface area contributed by atoms with Crippen molar-refractivity contribution in [1.29, 1.82) is 0 Å². The van der Waals surface area contributed by atoms with Crippen LogP contribution in [0.3, 0.4) is 0 Å². The van der Waals surface area contributed by atoms with Gasteiger partial charge in [-0.1, -0.05) is 0 Å². The van der Waals surface area contributed by atoms with E-state index in [4.69, 9.17) is 19.3 Å². The highest BCUT2D eigenvalue weighted by molar-refractivity contribution is 6.01. The molecule has 0 radical (unpaired) electrons. The molecule has 0 heterocycles. The molecule has 0 aliphatic carbocycles. The van der Waals surface area contributed by atoms with Gasteiger partial charge in [0, 0.05) is 33.0 Å². The van der Waals surface area contributed by atoms with E-state index in [1.165, 1.54) is 4.90 Å². The summed E-state index contributed by atoms with van der Waals surface area (Å²) in [5, 5.41) is 27.4. The first-order valence-electron chi connectivity index (χ1n) is 8.87. The Morgan fingerprint density at radius 2 is 1.45 bits per heavy atom. The van der Waals surface area contributed by atoms with Crippen LogP contribution in [0.4, 0.5) is 0 Å². The van der Waals surface area contributed by atoms with Crippen molar-refractivity contribution >= 4 is 23.9 Å². The van der Waals surface area contributed by atoms with Gasteiger partial charge >= 0.3 is 23.9 Å². The van der Waals surface area contributed by atoms with Crippen LogP contribution < -0.4 is 0 Å². The van der Waals surface area contributed by atoms with Crippen LogP contribution in [-0.4, -0.2) is 110 Å². The molecular formula is C17H29NO11. The van der Waals surface area contributed by atoms with Crippen molar-refractivity contribution < 1.29 is 53.4 Å². The summed E-state index contributed by atoms with van der Waals surface area (Å²) in [5.74, 6) is -3.72. The number of rotatable bonds is 15. The number of esters is 4. The quantitative estimate of drug-likeness (QED) is 0.144. The average Bonchev–Trinajstić information content (AvgIpc) is 2.68. The second-order valence-electron chi connectivity index (χ2n) is 5.91. The van der Waals surface area contributed by atoms with Crippen molar-refractivity contribution in [2.75, 3.05) is 66.4 Å². The second-order valence-corrected chi connectivity index (χ2v) is 5.91. The first kappa shape index (κ1) is 26.7. The fourth-order valence-electron chi connectivity index (χ4n) is 2.40. The van der Waals surface area contributed by atoms with Crippen LogP contribution in [0.25, 0.3) is 0 Å². The molecular weight excluding hydrogens is 394 g/mol. The molecule has 1 unspecified atom stereocenters. The summed E-state index contributed by atoms with van der Waals surface area (Å²) in [5.41, 5.74) is -2.05. The van der Waals surface area contributed by atoms with Gasteiger partial charge in [-0.15, -0.1) is 0 Å². The van der Waals surface area contributed by atoms with Crippen LogP contribution in [0.2, 0.25) is 0 Å². The van der Waals surface area contributed by atoms with Crippen molar-refractivity contribution in [2.45, 2.75) is 13.3 Å². The minimum absolute atomic E-state index is 0.00738. The monoisotopic (exact) mass is 423 g/mol. The molecule has 0 spiro atoms. The molecule has 1 atom stereocenters. The number of methoxy groups -OCH3 is 1. The summed E-state index contributed by atoms with van der Waals surface area (Å²) in [4.78, 5) is 49.4. The summed E-state index contributed by atoms with van der Waals surface area (Å²) in [7, 11) is 1.09. The van der Waals surface area contributed by atoms with E-state index < -0.39 is 49.1 Å². The lowest BCUT2D eigenvalue weighted by molar-refractivity contribution is -0.180. The van der Waals surface area contributed by atoms with Crippen molar-refractivity contribution in [3.05, 3.63) is 0 Å². The van der Waals surface area contributed by atoms with Crippen molar-refractivity contribution in [3.63, 3.8) is 0 Å². The van der Waals surface area contributed by atoms with E-state index in [-0.39, 0.29) is 45.9 Å². The average molecular weight is 423 g/mol. The van der Waals surface area contributed by atoms with Gasteiger partial charge in [-0.3, -0.25) is 19.3 Å². The largest absolute Gasteiger partial charge is 0.466 e. The lowest BCUT2D eigenvalue weighted by atomic mass is 9.83. The molecule has 0 aromatic rings. The minimum Gasteiger partial charge on any atom is -0.466 e.